The van der Waals surface area contributed by atoms with Crippen LogP contribution in [-0.2, 0) is 6.54 Å². The van der Waals surface area contributed by atoms with E-state index in [9.17, 15) is 13.6 Å². The lowest BCUT2D eigenvalue weighted by molar-refractivity contribution is 0.0963. The summed E-state index contributed by atoms with van der Waals surface area (Å²) in [6.07, 6.45) is 0.740. The van der Waals surface area contributed by atoms with Gasteiger partial charge in [0.2, 0.25) is 0 Å². The van der Waals surface area contributed by atoms with E-state index in [0.29, 0.717) is 37.7 Å². The fourth-order valence-electron chi connectivity index (χ4n) is 3.51. The van der Waals surface area contributed by atoms with Crippen LogP contribution < -0.4 is 20.9 Å². The highest BCUT2D eigenvalue weighted by Gasteiger charge is 2.27. The fraction of sp³-hybridized carbons (Fsp3) is 0.364. The topological polar surface area (TPSA) is 68.8 Å². The van der Waals surface area contributed by atoms with Crippen molar-refractivity contribution in [3.05, 3.63) is 65.2 Å². The molecule has 0 bridgehead atoms. The predicted molar refractivity (Wildman–Crippen MR) is 115 cm³/mol. The molecule has 30 heavy (non-hydrogen) atoms. The Hall–Kier alpha value is -3.16. The third-order valence-corrected chi connectivity index (χ3v) is 4.96. The monoisotopic (exact) mass is 415 g/mol. The minimum absolute atomic E-state index is 0.0130. The van der Waals surface area contributed by atoms with Crippen molar-refractivity contribution < 1.29 is 13.6 Å². The van der Waals surface area contributed by atoms with Crippen LogP contribution in [0.4, 0.5) is 14.5 Å². The standard InChI is InChI=1S/C22H27F2N5O/c1-3-26-22(27-13-15-6-4-7-16(12-15)21(30)25-2)28-17-10-11-29(14-17)20-18(23)8-5-9-19(20)24/h4-9,12,17H,3,10-11,13-14H2,1-2H3,(H,25,30)(H2,26,27,28). The number of amides is 1. The normalized spacial score (nSPS) is 16.5. The summed E-state index contributed by atoms with van der Waals surface area (Å²) in [6.45, 7) is 4.09. The van der Waals surface area contributed by atoms with Gasteiger partial charge in [0.15, 0.2) is 5.96 Å². The number of hydrogen-bond donors (Lipinski definition) is 3. The highest BCUT2D eigenvalue weighted by molar-refractivity contribution is 5.94. The fourth-order valence-corrected chi connectivity index (χ4v) is 3.51. The first-order chi connectivity index (χ1) is 14.5. The van der Waals surface area contributed by atoms with Gasteiger partial charge in [-0.3, -0.25) is 4.79 Å². The van der Waals surface area contributed by atoms with Gasteiger partial charge in [-0.25, -0.2) is 13.8 Å². The van der Waals surface area contributed by atoms with Crippen LogP contribution in [0.25, 0.3) is 0 Å². The molecule has 1 heterocycles. The van der Waals surface area contributed by atoms with E-state index >= 15 is 0 Å². The third kappa shape index (κ3) is 5.25. The number of guanidine groups is 1. The van der Waals surface area contributed by atoms with Gasteiger partial charge in [-0.1, -0.05) is 18.2 Å². The van der Waals surface area contributed by atoms with Crippen LogP contribution in [0.2, 0.25) is 0 Å². The molecule has 1 unspecified atom stereocenters. The molecule has 1 aliphatic rings. The van der Waals surface area contributed by atoms with Crippen molar-refractivity contribution in [2.24, 2.45) is 4.99 Å². The smallest absolute Gasteiger partial charge is 0.251 e. The van der Waals surface area contributed by atoms with Crippen molar-refractivity contribution in [1.29, 1.82) is 0 Å². The van der Waals surface area contributed by atoms with Crippen molar-refractivity contribution in [3.63, 3.8) is 0 Å². The molecule has 2 aromatic rings. The van der Waals surface area contributed by atoms with Crippen molar-refractivity contribution in [2.75, 3.05) is 31.6 Å². The molecule has 2 aromatic carbocycles. The van der Waals surface area contributed by atoms with Gasteiger partial charge < -0.3 is 20.9 Å². The van der Waals surface area contributed by atoms with Gasteiger partial charge in [0.25, 0.3) is 5.91 Å². The maximum atomic E-state index is 14.1. The molecule has 0 spiro atoms. The SMILES string of the molecule is CCNC(=NCc1cccc(C(=O)NC)c1)NC1CCN(c2c(F)cccc2F)C1. The third-order valence-electron chi connectivity index (χ3n) is 4.96. The molecule has 3 rings (SSSR count). The summed E-state index contributed by atoms with van der Waals surface area (Å²) in [5.41, 5.74) is 1.52. The Morgan fingerprint density at radius 3 is 2.63 bits per heavy atom. The highest BCUT2D eigenvalue weighted by Crippen LogP contribution is 2.26. The number of nitrogens with one attached hydrogen (secondary N) is 3. The van der Waals surface area contributed by atoms with E-state index in [0.717, 1.165) is 12.0 Å². The van der Waals surface area contributed by atoms with Crippen LogP contribution in [0, 0.1) is 11.6 Å². The molecule has 160 valence electrons. The maximum Gasteiger partial charge on any atom is 0.251 e. The van der Waals surface area contributed by atoms with E-state index in [2.05, 4.69) is 20.9 Å². The zero-order valence-electron chi connectivity index (χ0n) is 17.2. The molecule has 3 N–H and O–H groups in total. The number of para-hydroxylation sites is 1. The number of halogens is 2. The lowest BCUT2D eigenvalue weighted by Gasteiger charge is -2.21. The number of rotatable bonds is 6. The number of nitrogens with zero attached hydrogens (tertiary/aromatic N) is 2. The number of aliphatic imine (C=N–C) groups is 1. The van der Waals surface area contributed by atoms with Gasteiger partial charge in [0.1, 0.15) is 17.3 Å². The number of hydrogen-bond acceptors (Lipinski definition) is 3. The second-order valence-electron chi connectivity index (χ2n) is 7.12. The average molecular weight is 415 g/mol. The molecule has 1 aliphatic heterocycles. The molecular formula is C22H27F2N5O. The Bertz CT molecular complexity index is 898. The largest absolute Gasteiger partial charge is 0.365 e. The Morgan fingerprint density at radius 1 is 1.20 bits per heavy atom. The van der Waals surface area contributed by atoms with Gasteiger partial charge in [-0.2, -0.15) is 0 Å². The van der Waals surface area contributed by atoms with Gasteiger partial charge in [-0.05, 0) is 43.2 Å². The quantitative estimate of drug-likeness (QED) is 0.501. The van der Waals surface area contributed by atoms with E-state index in [1.165, 1.54) is 18.2 Å². The van der Waals surface area contributed by atoms with Crippen molar-refractivity contribution in [1.82, 2.24) is 16.0 Å². The zero-order chi connectivity index (χ0) is 21.5. The molecule has 6 nitrogen and oxygen atoms in total. The first-order valence-corrected chi connectivity index (χ1v) is 10.1. The molecule has 0 radical (unpaired) electrons. The second kappa shape index (κ2) is 10.0. The van der Waals surface area contributed by atoms with Gasteiger partial charge in [-0.15, -0.1) is 0 Å². The molecule has 0 aliphatic carbocycles. The molecule has 1 amide bonds. The Balaban J connectivity index is 1.65. The van der Waals surface area contributed by atoms with Crippen molar-refractivity contribution in [3.8, 4) is 0 Å². The summed E-state index contributed by atoms with van der Waals surface area (Å²) in [6, 6.07) is 11.2. The second-order valence-corrected chi connectivity index (χ2v) is 7.12. The van der Waals surface area contributed by atoms with Crippen LogP contribution >= 0.6 is 0 Å². The van der Waals surface area contributed by atoms with Gasteiger partial charge >= 0.3 is 0 Å². The molecule has 8 heteroatoms. The van der Waals surface area contributed by atoms with E-state index in [-0.39, 0.29) is 17.6 Å². The minimum Gasteiger partial charge on any atom is -0.365 e. The predicted octanol–water partition coefficient (Wildman–Crippen LogP) is 2.66. The first-order valence-electron chi connectivity index (χ1n) is 10.1. The van der Waals surface area contributed by atoms with E-state index in [1.807, 2.05) is 25.1 Å². The van der Waals surface area contributed by atoms with Gasteiger partial charge in [0.05, 0.1) is 6.54 Å². The van der Waals surface area contributed by atoms with Crippen molar-refractivity contribution >= 4 is 17.6 Å². The van der Waals surface area contributed by atoms with Crippen LogP contribution in [0.1, 0.15) is 29.3 Å². The van der Waals surface area contributed by atoms with Crippen LogP contribution in [0.15, 0.2) is 47.5 Å². The van der Waals surface area contributed by atoms with Crippen LogP contribution in [0.3, 0.4) is 0 Å². The average Bonchev–Trinajstić information content (AvgIpc) is 3.19. The number of benzene rings is 2. The number of carbonyl (C=O) groups excluding carboxylic acids is 1. The summed E-state index contributed by atoms with van der Waals surface area (Å²) >= 11 is 0. The van der Waals surface area contributed by atoms with E-state index in [1.54, 1.807) is 18.0 Å². The Labute approximate surface area is 175 Å². The summed E-state index contributed by atoms with van der Waals surface area (Å²) in [4.78, 5) is 18.1. The number of carbonyl (C=O) groups is 1. The van der Waals surface area contributed by atoms with Gasteiger partial charge in [0, 0.05) is 38.3 Å². The molecule has 0 saturated carbocycles. The molecule has 1 fully saturated rings. The highest BCUT2D eigenvalue weighted by atomic mass is 19.1. The van der Waals surface area contributed by atoms with Crippen LogP contribution in [0.5, 0.6) is 0 Å². The minimum atomic E-state index is -0.549. The Morgan fingerprint density at radius 2 is 1.93 bits per heavy atom. The first kappa shape index (κ1) is 21.5. The Kier molecular flexibility index (Phi) is 7.21. The van der Waals surface area contributed by atoms with Crippen molar-refractivity contribution in [2.45, 2.75) is 25.9 Å². The number of anilines is 1. The van der Waals surface area contributed by atoms with Crippen LogP contribution in [-0.4, -0.2) is 44.6 Å². The lowest BCUT2D eigenvalue weighted by Crippen LogP contribution is -2.44. The molecule has 0 aromatic heterocycles. The molecule has 1 saturated heterocycles. The summed E-state index contributed by atoms with van der Waals surface area (Å²) in [7, 11) is 1.60. The summed E-state index contributed by atoms with van der Waals surface area (Å²) < 4.78 is 28.1. The van der Waals surface area contributed by atoms with E-state index in [4.69, 9.17) is 0 Å². The molecular weight excluding hydrogens is 388 g/mol. The summed E-state index contributed by atoms with van der Waals surface area (Å²) in [5.74, 6) is -0.611. The molecule has 1 atom stereocenters. The summed E-state index contributed by atoms with van der Waals surface area (Å²) in [5, 5.41) is 9.16. The maximum absolute atomic E-state index is 14.1. The zero-order valence-corrected chi connectivity index (χ0v) is 17.2. The van der Waals surface area contributed by atoms with E-state index < -0.39 is 11.6 Å². The lowest BCUT2D eigenvalue weighted by atomic mass is 10.1.